The minimum absolute atomic E-state index is 0.0249. The van der Waals surface area contributed by atoms with E-state index in [-0.39, 0.29) is 12.5 Å². The first kappa shape index (κ1) is 32.1. The Morgan fingerprint density at radius 2 is 1.76 bits per heavy atom. The second kappa shape index (κ2) is 14.3. The third-order valence-corrected chi connectivity index (χ3v) is 9.34. The molecule has 2 N–H and O–H groups in total. The molecular weight excluding hydrogens is 593 g/mol. The molecule has 46 heavy (non-hydrogen) atoms. The summed E-state index contributed by atoms with van der Waals surface area (Å²) in [5.41, 5.74) is 4.97. The molecule has 2 aliphatic rings. The molecule has 1 amide bonds. The first-order valence-electron chi connectivity index (χ1n) is 16.4. The summed E-state index contributed by atoms with van der Waals surface area (Å²) in [7, 11) is 0. The van der Waals surface area contributed by atoms with Gasteiger partial charge in [-0.15, -0.1) is 0 Å². The highest BCUT2D eigenvalue weighted by atomic mass is 19.4. The van der Waals surface area contributed by atoms with E-state index in [1.54, 1.807) is 24.3 Å². The van der Waals surface area contributed by atoms with Crippen LogP contribution in [-0.4, -0.2) is 55.3 Å². The second-order valence-corrected chi connectivity index (χ2v) is 12.4. The van der Waals surface area contributed by atoms with E-state index in [0.29, 0.717) is 46.9 Å². The molecule has 1 aromatic heterocycles. The van der Waals surface area contributed by atoms with Gasteiger partial charge in [-0.2, -0.15) is 13.2 Å². The number of benzene rings is 3. The van der Waals surface area contributed by atoms with E-state index in [9.17, 15) is 23.1 Å². The van der Waals surface area contributed by atoms with Gasteiger partial charge in [0.1, 0.15) is 23.7 Å². The highest BCUT2D eigenvalue weighted by molar-refractivity contribution is 5.98. The van der Waals surface area contributed by atoms with Crippen molar-refractivity contribution in [2.24, 2.45) is 0 Å². The molecule has 0 bridgehead atoms. The quantitative estimate of drug-likeness (QED) is 0.165. The summed E-state index contributed by atoms with van der Waals surface area (Å²) in [6.45, 7) is 4.00. The van der Waals surface area contributed by atoms with Crippen molar-refractivity contribution in [3.8, 4) is 17.1 Å². The molecule has 0 radical (unpaired) electrons. The maximum Gasteiger partial charge on any atom is 0.416 e. The number of nitrogens with zero attached hydrogens (tertiary/aromatic N) is 1. The van der Waals surface area contributed by atoms with Gasteiger partial charge in [-0.1, -0.05) is 24.3 Å². The molecule has 0 saturated carbocycles. The number of likely N-dealkylation sites (tertiary alicyclic amines) is 1. The van der Waals surface area contributed by atoms with Crippen LogP contribution < -0.4 is 10.1 Å². The number of furan rings is 1. The molecular formula is C37H41F3N2O4. The number of ether oxygens (including phenoxy) is 1. The second-order valence-electron chi connectivity index (χ2n) is 12.4. The van der Waals surface area contributed by atoms with Crippen molar-refractivity contribution in [2.75, 3.05) is 39.4 Å². The molecule has 244 valence electrons. The molecule has 0 spiro atoms. The van der Waals surface area contributed by atoms with Crippen LogP contribution in [0.2, 0.25) is 0 Å². The van der Waals surface area contributed by atoms with E-state index < -0.39 is 11.7 Å². The Balaban J connectivity index is 0.953. The molecule has 6 rings (SSSR count). The van der Waals surface area contributed by atoms with Gasteiger partial charge in [0.05, 0.1) is 12.2 Å². The molecule has 9 heteroatoms. The highest BCUT2D eigenvalue weighted by Gasteiger charge is 2.30. The van der Waals surface area contributed by atoms with Gasteiger partial charge >= 0.3 is 6.18 Å². The fourth-order valence-electron chi connectivity index (χ4n) is 6.83. The Morgan fingerprint density at radius 3 is 2.52 bits per heavy atom. The number of amides is 1. The Kier molecular flexibility index (Phi) is 9.99. The van der Waals surface area contributed by atoms with E-state index in [1.165, 1.54) is 41.7 Å². The summed E-state index contributed by atoms with van der Waals surface area (Å²) >= 11 is 0. The number of rotatable bonds is 11. The molecule has 1 fully saturated rings. The molecule has 0 atom stereocenters. The lowest BCUT2D eigenvalue weighted by molar-refractivity contribution is -0.137. The lowest BCUT2D eigenvalue weighted by Gasteiger charge is -2.34. The summed E-state index contributed by atoms with van der Waals surface area (Å²) < 4.78 is 50.7. The van der Waals surface area contributed by atoms with Crippen LogP contribution >= 0.6 is 0 Å². The molecule has 0 unspecified atom stereocenters. The van der Waals surface area contributed by atoms with E-state index in [4.69, 9.17) is 9.15 Å². The molecule has 2 heterocycles. The number of unbranched alkanes of at least 4 members (excludes halogenated alkanes) is 1. The topological polar surface area (TPSA) is 74.9 Å². The maximum absolute atomic E-state index is 12.9. The molecule has 1 saturated heterocycles. The third kappa shape index (κ3) is 7.42. The number of fused-ring (bicyclic) bond motifs is 2. The number of nitrogens with one attached hydrogen (secondary N) is 1. The minimum Gasteiger partial charge on any atom is -0.491 e. The zero-order valence-electron chi connectivity index (χ0n) is 26.0. The van der Waals surface area contributed by atoms with Crippen LogP contribution in [0.4, 0.5) is 13.2 Å². The van der Waals surface area contributed by atoms with E-state index in [0.717, 1.165) is 76.0 Å². The fourth-order valence-corrected chi connectivity index (χ4v) is 6.83. The van der Waals surface area contributed by atoms with Crippen molar-refractivity contribution < 1.29 is 32.2 Å². The van der Waals surface area contributed by atoms with E-state index in [1.807, 2.05) is 0 Å². The lowest BCUT2D eigenvalue weighted by atomic mass is 9.83. The van der Waals surface area contributed by atoms with Gasteiger partial charge in [0.2, 0.25) is 0 Å². The zero-order chi connectivity index (χ0) is 32.1. The Morgan fingerprint density at radius 1 is 0.978 bits per heavy atom. The summed E-state index contributed by atoms with van der Waals surface area (Å²) in [6.07, 6.45) is 4.24. The standard InChI is InChI=1S/C37H41F3N2O4/c38-37(39,40)30-11-7-27(8-12-30)34-24-29-23-28(10-14-33(29)46-34)36(44)41-17-3-4-18-42-19-15-26(16-20-42)32-13-9-25-5-1-2-6-31(25)35(32)45-22-21-43/h7-14,23-24,26,43H,1-6,15-22H2,(H,41,44). The number of piperidine rings is 1. The molecule has 1 aliphatic heterocycles. The summed E-state index contributed by atoms with van der Waals surface area (Å²) in [6, 6.07) is 16.3. The summed E-state index contributed by atoms with van der Waals surface area (Å²) in [5, 5.41) is 13.1. The van der Waals surface area contributed by atoms with Crippen molar-refractivity contribution in [3.05, 3.63) is 88.5 Å². The van der Waals surface area contributed by atoms with Gasteiger partial charge in [-0.3, -0.25) is 4.79 Å². The number of aliphatic hydroxyl groups is 1. The number of alkyl halides is 3. The number of halogens is 3. The van der Waals surface area contributed by atoms with Crippen molar-refractivity contribution >= 4 is 16.9 Å². The average Bonchev–Trinajstić information content (AvgIpc) is 3.50. The number of aliphatic hydroxyl groups excluding tert-OH is 1. The molecule has 1 aliphatic carbocycles. The van der Waals surface area contributed by atoms with Gasteiger partial charge in [0.15, 0.2) is 0 Å². The molecule has 4 aromatic rings. The summed E-state index contributed by atoms with van der Waals surface area (Å²) in [4.78, 5) is 15.3. The first-order chi connectivity index (χ1) is 22.3. The lowest BCUT2D eigenvalue weighted by Crippen LogP contribution is -2.34. The van der Waals surface area contributed by atoms with Gasteiger partial charge in [0.25, 0.3) is 5.91 Å². The zero-order valence-corrected chi connectivity index (χ0v) is 26.0. The Bertz CT molecular complexity index is 1640. The van der Waals surface area contributed by atoms with E-state index >= 15 is 0 Å². The van der Waals surface area contributed by atoms with Crippen LogP contribution in [0.15, 0.2) is 65.1 Å². The van der Waals surface area contributed by atoms with Crippen LogP contribution in [-0.2, 0) is 19.0 Å². The van der Waals surface area contributed by atoms with Crippen LogP contribution in [0.1, 0.15) is 77.1 Å². The first-order valence-corrected chi connectivity index (χ1v) is 16.4. The predicted molar refractivity (Wildman–Crippen MR) is 172 cm³/mol. The largest absolute Gasteiger partial charge is 0.491 e. The van der Waals surface area contributed by atoms with Crippen molar-refractivity contribution in [3.63, 3.8) is 0 Å². The summed E-state index contributed by atoms with van der Waals surface area (Å²) in [5.74, 6) is 1.79. The van der Waals surface area contributed by atoms with Crippen LogP contribution in [0.25, 0.3) is 22.3 Å². The highest BCUT2D eigenvalue weighted by Crippen LogP contribution is 2.40. The van der Waals surface area contributed by atoms with Crippen molar-refractivity contribution in [1.82, 2.24) is 10.2 Å². The Labute approximate surface area is 267 Å². The van der Waals surface area contributed by atoms with Crippen LogP contribution in [0.3, 0.4) is 0 Å². The minimum atomic E-state index is -4.39. The Hall–Kier alpha value is -3.82. The average molecular weight is 635 g/mol. The smallest absolute Gasteiger partial charge is 0.416 e. The van der Waals surface area contributed by atoms with Gasteiger partial charge in [0, 0.05) is 23.1 Å². The third-order valence-electron chi connectivity index (χ3n) is 9.34. The van der Waals surface area contributed by atoms with Crippen LogP contribution in [0.5, 0.6) is 5.75 Å². The monoisotopic (exact) mass is 634 g/mol. The number of carbonyl (C=O) groups excluding carboxylic acids is 1. The van der Waals surface area contributed by atoms with Crippen LogP contribution in [0, 0.1) is 0 Å². The SMILES string of the molecule is O=C(NCCCCN1CCC(c2ccc3c(c2OCCO)CCCC3)CC1)c1ccc2oc(-c3ccc(C(F)(F)F)cc3)cc2c1. The van der Waals surface area contributed by atoms with E-state index in [2.05, 4.69) is 22.3 Å². The van der Waals surface area contributed by atoms with Crippen molar-refractivity contribution in [1.29, 1.82) is 0 Å². The normalized spacial score (nSPS) is 16.0. The van der Waals surface area contributed by atoms with Gasteiger partial charge < -0.3 is 24.5 Å². The number of hydrogen-bond acceptors (Lipinski definition) is 5. The van der Waals surface area contributed by atoms with Gasteiger partial charge in [-0.25, -0.2) is 0 Å². The maximum atomic E-state index is 12.9. The molecule has 6 nitrogen and oxygen atoms in total. The number of hydrogen-bond donors (Lipinski definition) is 2. The number of carbonyl (C=O) groups is 1. The predicted octanol–water partition coefficient (Wildman–Crippen LogP) is 7.76. The van der Waals surface area contributed by atoms with Gasteiger partial charge in [-0.05, 0) is 130 Å². The number of aryl methyl sites for hydroxylation is 1. The fraction of sp³-hybridized carbons (Fsp3) is 0.432. The molecule has 3 aromatic carbocycles. The van der Waals surface area contributed by atoms with Crippen molar-refractivity contribution in [2.45, 2.75) is 63.5 Å².